The zero-order valence-corrected chi connectivity index (χ0v) is 17.3. The second-order valence-corrected chi connectivity index (χ2v) is 8.23. The smallest absolute Gasteiger partial charge is 0.328 e. The number of benzene rings is 2. The first kappa shape index (κ1) is 20.8. The molecule has 0 aromatic heterocycles. The van der Waals surface area contributed by atoms with Crippen molar-refractivity contribution in [2.45, 2.75) is 16.6 Å². The minimum absolute atomic E-state index is 0.0809. The standard InChI is InChI=1S/C20H15BrN2O5S/c21-12-4-6-14(7-5-12)23-18(25)11-16(20(23)28)29-15-3-1-2-13(10-15)22-17(24)8-9-19(26)27/h1-10,16H,11H2,(H,22,24)(H,26,27). The molecule has 148 valence electrons. The third kappa shape index (κ3) is 5.33. The maximum atomic E-state index is 12.8. The number of aliphatic carboxylic acids is 1. The molecule has 1 heterocycles. The van der Waals surface area contributed by atoms with Gasteiger partial charge in [-0.3, -0.25) is 14.4 Å². The summed E-state index contributed by atoms with van der Waals surface area (Å²) in [4.78, 5) is 49.2. The van der Waals surface area contributed by atoms with Crippen LogP contribution in [0.3, 0.4) is 0 Å². The quantitative estimate of drug-likeness (QED) is 0.490. The molecule has 1 fully saturated rings. The lowest BCUT2D eigenvalue weighted by atomic mass is 10.3. The van der Waals surface area contributed by atoms with Crippen LogP contribution >= 0.6 is 27.7 Å². The largest absolute Gasteiger partial charge is 0.478 e. The molecule has 29 heavy (non-hydrogen) atoms. The fourth-order valence-electron chi connectivity index (χ4n) is 2.70. The number of thioether (sulfide) groups is 1. The van der Waals surface area contributed by atoms with Crippen LogP contribution in [0.5, 0.6) is 0 Å². The van der Waals surface area contributed by atoms with E-state index >= 15 is 0 Å². The van der Waals surface area contributed by atoms with Crippen molar-refractivity contribution in [2.75, 3.05) is 10.2 Å². The van der Waals surface area contributed by atoms with Crippen molar-refractivity contribution in [2.24, 2.45) is 0 Å². The van der Waals surface area contributed by atoms with E-state index in [1.165, 1.54) is 16.7 Å². The van der Waals surface area contributed by atoms with Crippen LogP contribution in [0.25, 0.3) is 0 Å². The summed E-state index contributed by atoms with van der Waals surface area (Å²) in [6.07, 6.45) is 1.74. The van der Waals surface area contributed by atoms with E-state index in [1.807, 2.05) is 0 Å². The lowest BCUT2D eigenvalue weighted by molar-refractivity contribution is -0.131. The highest BCUT2D eigenvalue weighted by molar-refractivity contribution is 9.10. The van der Waals surface area contributed by atoms with Gasteiger partial charge < -0.3 is 10.4 Å². The van der Waals surface area contributed by atoms with Gasteiger partial charge >= 0.3 is 5.97 Å². The van der Waals surface area contributed by atoms with E-state index in [4.69, 9.17) is 5.11 Å². The molecule has 7 nitrogen and oxygen atoms in total. The number of carboxylic acid groups (broad SMARTS) is 1. The Hall–Kier alpha value is -2.91. The molecule has 1 saturated heterocycles. The SMILES string of the molecule is O=C(O)C=CC(=O)Nc1cccc(SC2CC(=O)N(c3ccc(Br)cc3)C2=O)c1. The minimum atomic E-state index is -1.22. The lowest BCUT2D eigenvalue weighted by Gasteiger charge is -2.15. The fraction of sp³-hybridized carbons (Fsp3) is 0.100. The average Bonchev–Trinajstić information content (AvgIpc) is 2.94. The molecule has 1 aliphatic heterocycles. The van der Waals surface area contributed by atoms with Crippen molar-refractivity contribution in [3.05, 3.63) is 65.2 Å². The topological polar surface area (TPSA) is 104 Å². The summed E-state index contributed by atoms with van der Waals surface area (Å²) in [5.41, 5.74) is 0.981. The predicted molar refractivity (Wildman–Crippen MR) is 113 cm³/mol. The van der Waals surface area contributed by atoms with Crippen LogP contribution in [0, 0.1) is 0 Å². The van der Waals surface area contributed by atoms with Crippen molar-refractivity contribution in [1.29, 1.82) is 0 Å². The number of anilines is 2. The number of hydrogen-bond acceptors (Lipinski definition) is 5. The Morgan fingerprint density at radius 2 is 1.86 bits per heavy atom. The van der Waals surface area contributed by atoms with Gasteiger partial charge in [-0.1, -0.05) is 22.0 Å². The molecule has 3 amide bonds. The summed E-state index contributed by atoms with van der Waals surface area (Å²) in [6.45, 7) is 0. The molecule has 0 radical (unpaired) electrons. The third-order valence-electron chi connectivity index (χ3n) is 3.95. The molecule has 2 aromatic carbocycles. The maximum absolute atomic E-state index is 12.8. The molecule has 0 aliphatic carbocycles. The molecule has 1 unspecified atom stereocenters. The van der Waals surface area contributed by atoms with Gasteiger partial charge in [0.05, 0.1) is 10.9 Å². The number of rotatable bonds is 6. The molecule has 2 aromatic rings. The second kappa shape index (κ2) is 9.06. The first-order valence-corrected chi connectivity index (χ1v) is 10.1. The van der Waals surface area contributed by atoms with Gasteiger partial charge in [0.15, 0.2) is 0 Å². The van der Waals surface area contributed by atoms with Crippen molar-refractivity contribution in [1.82, 2.24) is 0 Å². The summed E-state index contributed by atoms with van der Waals surface area (Å²) in [7, 11) is 0. The highest BCUT2D eigenvalue weighted by Crippen LogP contribution is 2.35. The summed E-state index contributed by atoms with van der Waals surface area (Å²) in [6, 6.07) is 13.7. The number of carboxylic acids is 1. The highest BCUT2D eigenvalue weighted by Gasteiger charge is 2.40. The number of carbonyl (C=O) groups is 4. The van der Waals surface area contributed by atoms with Crippen molar-refractivity contribution < 1.29 is 24.3 Å². The Labute approximate surface area is 178 Å². The lowest BCUT2D eigenvalue weighted by Crippen LogP contribution is -2.31. The monoisotopic (exact) mass is 474 g/mol. The first-order chi connectivity index (χ1) is 13.8. The molecular formula is C20H15BrN2O5S. The van der Waals surface area contributed by atoms with Crippen LogP contribution in [0.4, 0.5) is 11.4 Å². The summed E-state index contributed by atoms with van der Waals surface area (Å²) in [5.74, 6) is -2.36. The number of nitrogens with zero attached hydrogens (tertiary/aromatic N) is 1. The third-order valence-corrected chi connectivity index (χ3v) is 5.65. The number of amides is 3. The van der Waals surface area contributed by atoms with Gasteiger partial charge in [-0.25, -0.2) is 9.69 Å². The van der Waals surface area contributed by atoms with Crippen molar-refractivity contribution >= 4 is 62.8 Å². The predicted octanol–water partition coefficient (Wildman–Crippen LogP) is 3.45. The number of imide groups is 1. The van der Waals surface area contributed by atoms with Gasteiger partial charge in [0.2, 0.25) is 17.7 Å². The molecule has 3 rings (SSSR count). The molecule has 1 atom stereocenters. The van der Waals surface area contributed by atoms with Crippen LogP contribution in [0.15, 0.2) is 70.1 Å². The van der Waals surface area contributed by atoms with Crippen LogP contribution in [0.2, 0.25) is 0 Å². The zero-order chi connectivity index (χ0) is 21.0. The van der Waals surface area contributed by atoms with E-state index in [0.29, 0.717) is 16.3 Å². The van der Waals surface area contributed by atoms with Crippen LogP contribution in [-0.2, 0) is 19.2 Å². The molecular weight excluding hydrogens is 460 g/mol. The normalized spacial score (nSPS) is 16.4. The molecule has 0 saturated carbocycles. The number of nitrogens with one attached hydrogen (secondary N) is 1. The van der Waals surface area contributed by atoms with Crippen LogP contribution in [0.1, 0.15) is 6.42 Å². The van der Waals surface area contributed by atoms with E-state index in [-0.39, 0.29) is 18.2 Å². The van der Waals surface area contributed by atoms with E-state index in [2.05, 4.69) is 21.2 Å². The Balaban J connectivity index is 1.69. The summed E-state index contributed by atoms with van der Waals surface area (Å²) in [5, 5.41) is 10.5. The second-order valence-electron chi connectivity index (χ2n) is 6.04. The Morgan fingerprint density at radius 1 is 1.14 bits per heavy atom. The summed E-state index contributed by atoms with van der Waals surface area (Å²) >= 11 is 4.56. The molecule has 2 N–H and O–H groups in total. The Kier molecular flexibility index (Phi) is 6.50. The Morgan fingerprint density at radius 3 is 2.55 bits per heavy atom. The zero-order valence-electron chi connectivity index (χ0n) is 14.9. The summed E-state index contributed by atoms with van der Waals surface area (Å²) < 4.78 is 0.850. The average molecular weight is 475 g/mol. The van der Waals surface area contributed by atoms with E-state index in [0.717, 1.165) is 16.6 Å². The van der Waals surface area contributed by atoms with E-state index in [9.17, 15) is 19.2 Å². The molecule has 9 heteroatoms. The molecule has 0 spiro atoms. The molecule has 0 bridgehead atoms. The number of halogens is 1. The van der Waals surface area contributed by atoms with Gasteiger partial charge in [0.1, 0.15) is 0 Å². The van der Waals surface area contributed by atoms with Crippen molar-refractivity contribution in [3.63, 3.8) is 0 Å². The van der Waals surface area contributed by atoms with Crippen LogP contribution in [-0.4, -0.2) is 34.0 Å². The van der Waals surface area contributed by atoms with E-state index in [1.54, 1.807) is 48.5 Å². The van der Waals surface area contributed by atoms with Gasteiger partial charge in [-0.15, -0.1) is 11.8 Å². The molecule has 1 aliphatic rings. The highest BCUT2D eigenvalue weighted by atomic mass is 79.9. The van der Waals surface area contributed by atoms with Gasteiger partial charge in [0, 0.05) is 33.6 Å². The van der Waals surface area contributed by atoms with Gasteiger partial charge in [0.25, 0.3) is 0 Å². The number of hydrogen-bond donors (Lipinski definition) is 2. The van der Waals surface area contributed by atoms with Gasteiger partial charge in [-0.2, -0.15) is 0 Å². The Bertz CT molecular complexity index is 1010. The maximum Gasteiger partial charge on any atom is 0.328 e. The van der Waals surface area contributed by atoms with Crippen molar-refractivity contribution in [3.8, 4) is 0 Å². The minimum Gasteiger partial charge on any atom is -0.478 e. The van der Waals surface area contributed by atoms with E-state index < -0.39 is 17.1 Å². The van der Waals surface area contributed by atoms with Crippen LogP contribution < -0.4 is 10.2 Å². The van der Waals surface area contributed by atoms with Gasteiger partial charge in [-0.05, 0) is 42.5 Å². The first-order valence-electron chi connectivity index (χ1n) is 8.44. The fourth-order valence-corrected chi connectivity index (χ4v) is 4.08. The number of carbonyl (C=O) groups excluding carboxylic acids is 3.